The molecule has 3 heteroatoms. The van der Waals surface area contributed by atoms with Gasteiger partial charge in [0.05, 0.1) is 8.26 Å². The van der Waals surface area contributed by atoms with Crippen molar-refractivity contribution in [2.45, 2.75) is 11.8 Å². The summed E-state index contributed by atoms with van der Waals surface area (Å²) in [7, 11) is 0. The second-order valence-corrected chi connectivity index (χ2v) is 8.19. The largest absolute Gasteiger partial charge is 0.137 e. The minimum absolute atomic E-state index is 0.0597. The molecule has 106 valence electrons. The van der Waals surface area contributed by atoms with Crippen molar-refractivity contribution in [1.29, 1.82) is 0 Å². The molecule has 0 saturated carbocycles. The average Bonchev–Trinajstić information content (AvgIpc) is 2.95. The summed E-state index contributed by atoms with van der Waals surface area (Å²) in [6.45, 7) is 0. The summed E-state index contributed by atoms with van der Waals surface area (Å²) in [5.41, 5.74) is 4.98. The minimum atomic E-state index is -0.0597. The highest BCUT2D eigenvalue weighted by Crippen LogP contribution is 2.32. The van der Waals surface area contributed by atoms with Gasteiger partial charge in [0.15, 0.2) is 0 Å². The van der Waals surface area contributed by atoms with Crippen molar-refractivity contribution in [3.63, 3.8) is 0 Å². The Bertz CT molecular complexity index is 704. The molecule has 3 rings (SSSR count). The second-order valence-electron chi connectivity index (χ2n) is 4.95. The van der Waals surface area contributed by atoms with Crippen LogP contribution < -0.4 is 0 Å². The zero-order valence-electron chi connectivity index (χ0n) is 11.3. The highest BCUT2D eigenvalue weighted by Gasteiger charge is 2.12. The van der Waals surface area contributed by atoms with E-state index in [1.165, 1.54) is 19.6 Å². The van der Waals surface area contributed by atoms with Gasteiger partial charge in [-0.2, -0.15) is 0 Å². The van der Waals surface area contributed by atoms with Crippen LogP contribution in [0.15, 0.2) is 66.0 Å². The molecule has 1 aromatic heterocycles. The van der Waals surface area contributed by atoms with Crippen LogP contribution in [-0.2, 0) is 6.42 Å². The lowest BCUT2D eigenvalue weighted by atomic mass is 10.0. The van der Waals surface area contributed by atoms with Crippen molar-refractivity contribution in [3.8, 4) is 0 Å². The number of benzene rings is 2. The summed E-state index contributed by atoms with van der Waals surface area (Å²) in [5, 5.41) is 2.08. The highest BCUT2D eigenvalue weighted by molar-refractivity contribution is 14.1. The fourth-order valence-corrected chi connectivity index (χ4v) is 4.03. The average molecular weight is 425 g/mol. The number of thiophene rings is 1. The van der Waals surface area contributed by atoms with Gasteiger partial charge in [-0.05, 0) is 62.7 Å². The van der Waals surface area contributed by atoms with Gasteiger partial charge in [-0.25, -0.2) is 0 Å². The van der Waals surface area contributed by atoms with Crippen molar-refractivity contribution in [3.05, 3.63) is 91.2 Å². The lowest BCUT2D eigenvalue weighted by Crippen LogP contribution is -1.93. The normalized spacial score (nSPS) is 12.3. The number of alkyl halides is 1. The molecule has 0 bridgehead atoms. The highest BCUT2D eigenvalue weighted by atomic mass is 127. The molecule has 1 unspecified atom stereocenters. The van der Waals surface area contributed by atoms with E-state index in [9.17, 15) is 0 Å². The van der Waals surface area contributed by atoms with E-state index in [1.807, 2.05) is 6.07 Å². The fraction of sp³-hybridized carbons (Fsp3) is 0.111. The van der Waals surface area contributed by atoms with E-state index in [2.05, 4.69) is 82.6 Å². The molecule has 1 atom stereocenters. The van der Waals surface area contributed by atoms with Gasteiger partial charge < -0.3 is 0 Å². The molecule has 0 radical (unpaired) electrons. The Labute approximate surface area is 147 Å². The lowest BCUT2D eigenvalue weighted by Gasteiger charge is -2.09. The van der Waals surface area contributed by atoms with Crippen molar-refractivity contribution in [1.82, 2.24) is 0 Å². The van der Waals surface area contributed by atoms with E-state index >= 15 is 0 Å². The first-order valence-electron chi connectivity index (χ1n) is 6.73. The number of hydrogen-bond acceptors (Lipinski definition) is 1. The maximum atomic E-state index is 6.56. The lowest BCUT2D eigenvalue weighted by molar-refractivity contribution is 1.13. The first kappa shape index (κ1) is 15.1. The van der Waals surface area contributed by atoms with E-state index < -0.39 is 0 Å². The topological polar surface area (TPSA) is 0 Å². The van der Waals surface area contributed by atoms with E-state index in [-0.39, 0.29) is 5.38 Å². The molecule has 0 aliphatic rings. The van der Waals surface area contributed by atoms with Crippen LogP contribution in [0, 0.1) is 2.88 Å². The van der Waals surface area contributed by atoms with Gasteiger partial charge in [0.1, 0.15) is 0 Å². The molecule has 0 aliphatic carbocycles. The molecule has 0 amide bonds. The van der Waals surface area contributed by atoms with E-state index in [0.717, 1.165) is 12.0 Å². The molecule has 2 aromatic carbocycles. The van der Waals surface area contributed by atoms with Crippen molar-refractivity contribution >= 4 is 45.5 Å². The van der Waals surface area contributed by atoms with Crippen LogP contribution >= 0.6 is 45.5 Å². The van der Waals surface area contributed by atoms with Crippen LogP contribution in [0.2, 0.25) is 0 Å². The number of rotatable bonds is 4. The van der Waals surface area contributed by atoms with Crippen LogP contribution in [-0.4, -0.2) is 0 Å². The third-order valence-corrected chi connectivity index (χ3v) is 5.72. The maximum Gasteiger partial charge on any atom is 0.0843 e. The van der Waals surface area contributed by atoms with E-state index in [0.29, 0.717) is 0 Å². The van der Waals surface area contributed by atoms with Crippen molar-refractivity contribution < 1.29 is 0 Å². The molecular formula is C18H14ClIS. The van der Waals surface area contributed by atoms with Gasteiger partial charge >= 0.3 is 0 Å². The summed E-state index contributed by atoms with van der Waals surface area (Å²) in [5.74, 6) is 0. The third kappa shape index (κ3) is 3.87. The summed E-state index contributed by atoms with van der Waals surface area (Å²) < 4.78 is 1.27. The molecule has 1 heterocycles. The SMILES string of the molecule is ClC(c1ccc(Cc2ccccc2)cc1)c1csc(I)c1. The number of halogens is 2. The molecule has 0 aliphatic heterocycles. The molecular weight excluding hydrogens is 411 g/mol. The van der Waals surface area contributed by atoms with Gasteiger partial charge in [-0.15, -0.1) is 22.9 Å². The smallest absolute Gasteiger partial charge is 0.0843 e. The predicted octanol–water partition coefficient (Wildman–Crippen LogP) is 6.27. The van der Waals surface area contributed by atoms with Crippen LogP contribution in [0.1, 0.15) is 27.6 Å². The van der Waals surface area contributed by atoms with Gasteiger partial charge in [0.2, 0.25) is 0 Å². The first-order valence-corrected chi connectivity index (χ1v) is 9.12. The number of hydrogen-bond donors (Lipinski definition) is 0. The van der Waals surface area contributed by atoms with Crippen LogP contribution in [0.25, 0.3) is 0 Å². The first-order chi connectivity index (χ1) is 10.2. The Kier molecular flexibility index (Phi) is 4.99. The zero-order valence-corrected chi connectivity index (χ0v) is 15.0. The standard InChI is InChI=1S/C18H14ClIS/c19-18(16-11-17(20)21-12-16)15-8-6-14(7-9-15)10-13-4-2-1-3-5-13/h1-9,11-12,18H,10H2. The van der Waals surface area contributed by atoms with Crippen molar-refractivity contribution in [2.24, 2.45) is 0 Å². The third-order valence-electron chi connectivity index (χ3n) is 3.40. The van der Waals surface area contributed by atoms with E-state index in [1.54, 1.807) is 11.3 Å². The van der Waals surface area contributed by atoms with Gasteiger partial charge in [0, 0.05) is 0 Å². The minimum Gasteiger partial charge on any atom is -0.137 e. The fourth-order valence-electron chi connectivity index (χ4n) is 2.28. The molecule has 0 nitrogen and oxygen atoms in total. The molecule has 21 heavy (non-hydrogen) atoms. The summed E-state index contributed by atoms with van der Waals surface area (Å²) >= 11 is 10.6. The van der Waals surface area contributed by atoms with Crippen LogP contribution in [0.5, 0.6) is 0 Å². The van der Waals surface area contributed by atoms with Crippen molar-refractivity contribution in [2.75, 3.05) is 0 Å². The second kappa shape index (κ2) is 6.95. The van der Waals surface area contributed by atoms with Gasteiger partial charge in [0.25, 0.3) is 0 Å². The Balaban J connectivity index is 1.75. The zero-order chi connectivity index (χ0) is 14.7. The van der Waals surface area contributed by atoms with Gasteiger partial charge in [-0.3, -0.25) is 0 Å². The molecule has 0 fully saturated rings. The molecule has 0 saturated heterocycles. The Morgan fingerprint density at radius 3 is 2.19 bits per heavy atom. The maximum absolute atomic E-state index is 6.56. The summed E-state index contributed by atoms with van der Waals surface area (Å²) in [6, 6.07) is 21.3. The monoisotopic (exact) mass is 424 g/mol. The quantitative estimate of drug-likeness (QED) is 0.342. The van der Waals surface area contributed by atoms with E-state index in [4.69, 9.17) is 11.6 Å². The van der Waals surface area contributed by atoms with Crippen LogP contribution in [0.3, 0.4) is 0 Å². The molecule has 0 N–H and O–H groups in total. The summed E-state index contributed by atoms with van der Waals surface area (Å²) in [6.07, 6.45) is 0.963. The Hall–Kier alpha value is -0.840. The van der Waals surface area contributed by atoms with Gasteiger partial charge in [-0.1, -0.05) is 54.6 Å². The molecule has 3 aromatic rings. The predicted molar refractivity (Wildman–Crippen MR) is 100 cm³/mol. The summed E-state index contributed by atoms with van der Waals surface area (Å²) in [4.78, 5) is 0. The van der Waals surface area contributed by atoms with Crippen LogP contribution in [0.4, 0.5) is 0 Å². The Morgan fingerprint density at radius 1 is 0.905 bits per heavy atom. The Morgan fingerprint density at radius 2 is 1.57 bits per heavy atom. The molecule has 0 spiro atoms.